The van der Waals surface area contributed by atoms with E-state index in [0.29, 0.717) is 29.4 Å². The fraction of sp³-hybridized carbons (Fsp3) is 0.462. The highest BCUT2D eigenvalue weighted by molar-refractivity contribution is 7.99. The van der Waals surface area contributed by atoms with Crippen molar-refractivity contribution in [1.82, 2.24) is 24.8 Å². The molecule has 190 valence electrons. The Morgan fingerprint density at radius 1 is 1.33 bits per heavy atom. The van der Waals surface area contributed by atoms with Gasteiger partial charge in [0.2, 0.25) is 6.41 Å². The van der Waals surface area contributed by atoms with E-state index in [4.69, 9.17) is 10.7 Å². The molecule has 1 atom stereocenters. The Morgan fingerprint density at radius 2 is 2.11 bits per heavy atom. The van der Waals surface area contributed by atoms with Crippen molar-refractivity contribution >= 4 is 41.4 Å². The predicted octanol–water partition coefficient (Wildman–Crippen LogP) is 4.02. The SMILES string of the molecule is CSNc1cc(-c2ccn3nc(N)c(C(=O)NC4CCC4)c3n2)cc(CN(C=O)C(C)C2CC2)c1C. The zero-order valence-corrected chi connectivity index (χ0v) is 21.8. The minimum absolute atomic E-state index is 0.168. The number of amides is 2. The van der Waals surface area contributed by atoms with Crippen molar-refractivity contribution in [3.05, 3.63) is 41.1 Å². The van der Waals surface area contributed by atoms with Crippen molar-refractivity contribution in [3.63, 3.8) is 0 Å². The van der Waals surface area contributed by atoms with Gasteiger partial charge in [-0.3, -0.25) is 9.59 Å². The van der Waals surface area contributed by atoms with Crippen molar-refractivity contribution in [2.75, 3.05) is 16.7 Å². The van der Waals surface area contributed by atoms with E-state index in [1.54, 1.807) is 10.7 Å². The Balaban J connectivity index is 1.53. The number of hydrogen-bond acceptors (Lipinski definition) is 7. The van der Waals surface area contributed by atoms with E-state index in [2.05, 4.69) is 41.1 Å². The van der Waals surface area contributed by atoms with Gasteiger partial charge in [-0.25, -0.2) is 9.50 Å². The van der Waals surface area contributed by atoms with Crippen molar-refractivity contribution in [2.45, 2.75) is 64.6 Å². The molecular weight excluding hydrogens is 474 g/mol. The van der Waals surface area contributed by atoms with E-state index in [9.17, 15) is 9.59 Å². The quantitative estimate of drug-likeness (QED) is 0.280. The lowest BCUT2D eigenvalue weighted by Crippen LogP contribution is -2.39. The highest BCUT2D eigenvalue weighted by atomic mass is 32.2. The van der Waals surface area contributed by atoms with Crippen LogP contribution in [0.4, 0.5) is 11.5 Å². The zero-order valence-electron chi connectivity index (χ0n) is 21.0. The molecule has 5 rings (SSSR count). The number of fused-ring (bicyclic) bond motifs is 1. The molecule has 3 aromatic rings. The van der Waals surface area contributed by atoms with Crippen LogP contribution in [0.25, 0.3) is 16.9 Å². The Labute approximate surface area is 215 Å². The molecule has 0 bridgehead atoms. The average Bonchev–Trinajstić information content (AvgIpc) is 3.63. The number of carbonyl (C=O) groups excluding carboxylic acids is 2. The molecule has 2 amide bonds. The molecule has 2 fully saturated rings. The lowest BCUT2D eigenvalue weighted by molar-refractivity contribution is -0.120. The number of aromatic nitrogens is 3. The maximum absolute atomic E-state index is 13.0. The number of nitrogens with one attached hydrogen (secondary N) is 2. The second-order valence-electron chi connectivity index (χ2n) is 9.91. The number of benzene rings is 1. The first-order valence-corrected chi connectivity index (χ1v) is 13.7. The van der Waals surface area contributed by atoms with Crippen molar-refractivity contribution in [2.24, 2.45) is 5.92 Å². The van der Waals surface area contributed by atoms with Crippen LogP contribution in [-0.4, -0.2) is 50.2 Å². The van der Waals surface area contributed by atoms with E-state index in [-0.39, 0.29) is 23.8 Å². The van der Waals surface area contributed by atoms with Gasteiger partial charge in [0, 0.05) is 42.3 Å². The monoisotopic (exact) mass is 507 g/mol. The Morgan fingerprint density at radius 3 is 2.75 bits per heavy atom. The maximum atomic E-state index is 13.0. The number of anilines is 2. The molecule has 0 spiro atoms. The fourth-order valence-electron chi connectivity index (χ4n) is 4.76. The molecule has 2 aliphatic rings. The lowest BCUT2D eigenvalue weighted by Gasteiger charge is -2.27. The summed E-state index contributed by atoms with van der Waals surface area (Å²) in [7, 11) is 0. The van der Waals surface area contributed by atoms with Gasteiger partial charge in [0.15, 0.2) is 11.5 Å². The standard InChI is InChI=1S/C26H33N7O2S/c1-15-19(13-32(14-34)16(2)17-7-8-17)11-18(12-22(15)31-36-3)21-9-10-33-25(29-21)23(24(27)30-33)26(35)28-20-5-4-6-20/h9-12,14,16-17,20,31H,4-8,13H2,1-3H3,(H2,27,30)(H,28,35). The van der Waals surface area contributed by atoms with Gasteiger partial charge in [-0.15, -0.1) is 5.10 Å². The molecule has 1 aromatic carbocycles. The Bertz CT molecular complexity index is 1300. The minimum Gasteiger partial charge on any atom is -0.381 e. The first-order chi connectivity index (χ1) is 17.4. The molecule has 10 heteroatoms. The van der Waals surface area contributed by atoms with Crippen LogP contribution < -0.4 is 15.8 Å². The fourth-order valence-corrected chi connectivity index (χ4v) is 5.19. The Hall–Kier alpha value is -3.27. The molecular formula is C26H33N7O2S. The molecule has 2 saturated carbocycles. The number of rotatable bonds is 10. The van der Waals surface area contributed by atoms with E-state index in [1.165, 1.54) is 24.8 Å². The van der Waals surface area contributed by atoms with Gasteiger partial charge in [-0.2, -0.15) is 0 Å². The summed E-state index contributed by atoms with van der Waals surface area (Å²) in [6, 6.07) is 6.41. The summed E-state index contributed by atoms with van der Waals surface area (Å²) < 4.78 is 4.92. The normalized spacial score (nSPS) is 16.4. The number of nitrogens with zero attached hydrogens (tertiary/aromatic N) is 4. The minimum atomic E-state index is -0.234. The second kappa shape index (κ2) is 10.0. The third-order valence-corrected chi connectivity index (χ3v) is 7.94. The topological polar surface area (TPSA) is 118 Å². The summed E-state index contributed by atoms with van der Waals surface area (Å²) in [5.74, 6) is 0.520. The van der Waals surface area contributed by atoms with Crippen LogP contribution in [0, 0.1) is 12.8 Å². The molecule has 2 aromatic heterocycles. The summed E-state index contributed by atoms with van der Waals surface area (Å²) in [6.45, 7) is 4.72. The van der Waals surface area contributed by atoms with Crippen molar-refractivity contribution in [1.29, 1.82) is 0 Å². The maximum Gasteiger partial charge on any atom is 0.259 e. The van der Waals surface area contributed by atoms with E-state index in [0.717, 1.165) is 48.1 Å². The molecule has 2 heterocycles. The van der Waals surface area contributed by atoms with Gasteiger partial charge in [0.25, 0.3) is 5.91 Å². The molecule has 4 N–H and O–H groups in total. The average molecular weight is 508 g/mol. The van der Waals surface area contributed by atoms with Crippen LogP contribution in [0.3, 0.4) is 0 Å². The Kier molecular flexibility index (Phi) is 6.79. The molecule has 0 aliphatic heterocycles. The number of hydrogen-bond donors (Lipinski definition) is 3. The van der Waals surface area contributed by atoms with Gasteiger partial charge in [-0.1, -0.05) is 11.9 Å². The first-order valence-electron chi connectivity index (χ1n) is 12.5. The summed E-state index contributed by atoms with van der Waals surface area (Å²) in [6.07, 6.45) is 10.2. The van der Waals surface area contributed by atoms with Crippen LogP contribution in [0.1, 0.15) is 60.5 Å². The van der Waals surface area contributed by atoms with Crippen LogP contribution in [0.5, 0.6) is 0 Å². The third kappa shape index (κ3) is 4.74. The van der Waals surface area contributed by atoms with Crippen LogP contribution in [0.2, 0.25) is 0 Å². The van der Waals surface area contributed by atoms with Crippen LogP contribution in [0.15, 0.2) is 24.4 Å². The van der Waals surface area contributed by atoms with Crippen molar-refractivity contribution in [3.8, 4) is 11.3 Å². The summed E-state index contributed by atoms with van der Waals surface area (Å²) in [4.78, 5) is 31.6. The van der Waals surface area contributed by atoms with Crippen LogP contribution in [-0.2, 0) is 11.3 Å². The molecule has 36 heavy (non-hydrogen) atoms. The number of nitrogen functional groups attached to an aromatic ring is 1. The van der Waals surface area contributed by atoms with Gasteiger partial charge >= 0.3 is 0 Å². The second-order valence-corrected chi connectivity index (χ2v) is 10.5. The highest BCUT2D eigenvalue weighted by Gasteiger charge is 2.32. The number of carbonyl (C=O) groups is 2. The van der Waals surface area contributed by atoms with Gasteiger partial charge in [0.05, 0.1) is 5.69 Å². The van der Waals surface area contributed by atoms with Gasteiger partial charge < -0.3 is 20.7 Å². The number of nitrogens with two attached hydrogens (primary N) is 1. The first kappa shape index (κ1) is 24.4. The highest BCUT2D eigenvalue weighted by Crippen LogP contribution is 2.36. The van der Waals surface area contributed by atoms with Gasteiger partial charge in [0.1, 0.15) is 5.56 Å². The molecule has 0 radical (unpaired) electrons. The smallest absolute Gasteiger partial charge is 0.259 e. The summed E-state index contributed by atoms with van der Waals surface area (Å²) in [5, 5.41) is 7.34. The van der Waals surface area contributed by atoms with E-state index >= 15 is 0 Å². The predicted molar refractivity (Wildman–Crippen MR) is 144 cm³/mol. The largest absolute Gasteiger partial charge is 0.381 e. The summed E-state index contributed by atoms with van der Waals surface area (Å²) >= 11 is 1.52. The van der Waals surface area contributed by atoms with Crippen molar-refractivity contribution < 1.29 is 9.59 Å². The molecule has 2 aliphatic carbocycles. The van der Waals surface area contributed by atoms with E-state index < -0.39 is 0 Å². The lowest BCUT2D eigenvalue weighted by atomic mass is 9.93. The van der Waals surface area contributed by atoms with Gasteiger partial charge in [-0.05, 0) is 81.2 Å². The van der Waals surface area contributed by atoms with Crippen LogP contribution >= 0.6 is 11.9 Å². The molecule has 0 saturated heterocycles. The summed E-state index contributed by atoms with van der Waals surface area (Å²) in [5.41, 5.74) is 11.6. The zero-order chi connectivity index (χ0) is 25.4. The molecule has 1 unspecified atom stereocenters. The molecule has 9 nitrogen and oxygen atoms in total. The third-order valence-electron chi connectivity index (χ3n) is 7.52. The van der Waals surface area contributed by atoms with E-state index in [1.807, 2.05) is 17.2 Å².